The van der Waals surface area contributed by atoms with Crippen LogP contribution in [0.5, 0.6) is 0 Å². The van der Waals surface area contributed by atoms with Gasteiger partial charge in [-0.15, -0.1) is 0 Å². The molecular formula is C28H26N+. The van der Waals surface area contributed by atoms with Gasteiger partial charge in [-0.25, -0.2) is 4.57 Å². The van der Waals surface area contributed by atoms with Crippen molar-refractivity contribution in [1.82, 2.24) is 0 Å². The molecule has 3 aromatic carbocycles. The fourth-order valence-corrected chi connectivity index (χ4v) is 5.07. The molecule has 0 saturated heterocycles. The van der Waals surface area contributed by atoms with Crippen LogP contribution in [0.15, 0.2) is 85.1 Å². The van der Waals surface area contributed by atoms with E-state index in [4.69, 9.17) is 2.74 Å². The number of aromatic nitrogens is 1. The summed E-state index contributed by atoms with van der Waals surface area (Å²) in [5.74, 6) is 0. The van der Waals surface area contributed by atoms with Gasteiger partial charge in [0.2, 0.25) is 5.69 Å². The SMILES string of the molecule is [2H]C([2H])c1ccc[n+](C)c1-c1c(C)ccc2c1C(C)(c1ccccc1)c1ccccc1-2. The number of hydrogen-bond acceptors (Lipinski definition) is 0. The normalized spacial score (nSPS) is 18.2. The smallest absolute Gasteiger partial charge is 0.201 e. The summed E-state index contributed by atoms with van der Waals surface area (Å²) in [6.07, 6.45) is 2.02. The molecule has 1 atom stereocenters. The van der Waals surface area contributed by atoms with E-state index in [0.717, 1.165) is 22.4 Å². The van der Waals surface area contributed by atoms with Gasteiger partial charge < -0.3 is 0 Å². The van der Waals surface area contributed by atoms with Crippen LogP contribution in [0.25, 0.3) is 22.4 Å². The number of nitrogens with zero attached hydrogens (tertiary/aromatic N) is 1. The van der Waals surface area contributed by atoms with Crippen LogP contribution in [-0.2, 0) is 12.5 Å². The first-order valence-electron chi connectivity index (χ1n) is 11.2. The van der Waals surface area contributed by atoms with Crippen molar-refractivity contribution in [2.75, 3.05) is 0 Å². The van der Waals surface area contributed by atoms with Crippen molar-refractivity contribution in [2.45, 2.75) is 26.1 Å². The third kappa shape index (κ3) is 2.43. The predicted molar refractivity (Wildman–Crippen MR) is 120 cm³/mol. The van der Waals surface area contributed by atoms with Gasteiger partial charge in [-0.3, -0.25) is 0 Å². The largest absolute Gasteiger partial charge is 0.215 e. The lowest BCUT2D eigenvalue weighted by atomic mass is 9.71. The van der Waals surface area contributed by atoms with E-state index in [1.54, 1.807) is 0 Å². The highest BCUT2D eigenvalue weighted by Gasteiger charge is 2.44. The zero-order valence-corrected chi connectivity index (χ0v) is 17.1. The van der Waals surface area contributed by atoms with Gasteiger partial charge in [0.25, 0.3) is 0 Å². The van der Waals surface area contributed by atoms with Crippen LogP contribution < -0.4 is 4.57 Å². The van der Waals surface area contributed by atoms with Crippen molar-refractivity contribution in [3.63, 3.8) is 0 Å². The van der Waals surface area contributed by atoms with E-state index in [1.165, 1.54) is 27.8 Å². The van der Waals surface area contributed by atoms with Crippen molar-refractivity contribution in [1.29, 1.82) is 0 Å². The van der Waals surface area contributed by atoms with Crippen LogP contribution in [0.2, 0.25) is 0 Å². The molecule has 1 heteroatoms. The first-order valence-corrected chi connectivity index (χ1v) is 10.1. The average Bonchev–Trinajstić information content (AvgIpc) is 3.04. The van der Waals surface area contributed by atoms with Crippen LogP contribution in [0.3, 0.4) is 0 Å². The second-order valence-corrected chi connectivity index (χ2v) is 8.14. The molecule has 1 aliphatic carbocycles. The van der Waals surface area contributed by atoms with E-state index in [0.29, 0.717) is 0 Å². The van der Waals surface area contributed by atoms with Gasteiger partial charge in [0.15, 0.2) is 6.20 Å². The summed E-state index contributed by atoms with van der Waals surface area (Å²) in [5, 5.41) is 0. The van der Waals surface area contributed by atoms with Gasteiger partial charge in [0.05, 0.1) is 5.56 Å². The number of hydrogen-bond donors (Lipinski definition) is 0. The first kappa shape index (κ1) is 15.7. The van der Waals surface area contributed by atoms with Gasteiger partial charge in [-0.2, -0.15) is 0 Å². The molecule has 0 spiro atoms. The Hall–Kier alpha value is -3.19. The Labute approximate surface area is 176 Å². The lowest BCUT2D eigenvalue weighted by Gasteiger charge is -2.30. The Bertz CT molecular complexity index is 1290. The molecular weight excluding hydrogens is 350 g/mol. The van der Waals surface area contributed by atoms with Gasteiger partial charge in [-0.1, -0.05) is 66.7 Å². The highest BCUT2D eigenvalue weighted by atomic mass is 14.9. The number of pyridine rings is 1. The Morgan fingerprint density at radius 1 is 0.793 bits per heavy atom. The summed E-state index contributed by atoms with van der Waals surface area (Å²) in [6, 6.07) is 27.6. The maximum atomic E-state index is 8.22. The standard InChI is InChI=1S/C28H26N/c1-19-16-17-23-22-14-8-9-15-24(22)28(3,21-12-6-5-7-13-21)26(23)25(19)27-20(2)11-10-18-29(27)4/h5-18H,1-4H3/q+1/i2D2. The number of rotatable bonds is 2. The second kappa shape index (κ2) is 6.42. The van der Waals surface area contributed by atoms with E-state index >= 15 is 0 Å². The molecule has 1 unspecified atom stereocenters. The molecule has 0 bridgehead atoms. The zero-order chi connectivity index (χ0) is 21.8. The molecule has 1 nitrogen and oxygen atoms in total. The Morgan fingerprint density at radius 3 is 2.34 bits per heavy atom. The minimum atomic E-state index is -1.05. The summed E-state index contributed by atoms with van der Waals surface area (Å²) < 4.78 is 18.5. The molecule has 0 amide bonds. The molecule has 5 rings (SSSR count). The van der Waals surface area contributed by atoms with E-state index < -0.39 is 6.88 Å². The quantitative estimate of drug-likeness (QED) is 0.369. The van der Waals surface area contributed by atoms with E-state index in [2.05, 4.69) is 85.1 Å². The first-order chi connectivity index (χ1) is 14.9. The van der Waals surface area contributed by atoms with Crippen LogP contribution >= 0.6 is 0 Å². The van der Waals surface area contributed by atoms with Crippen molar-refractivity contribution < 1.29 is 7.31 Å². The Balaban J connectivity index is 1.95. The molecule has 4 aromatic rings. The van der Waals surface area contributed by atoms with E-state index in [-0.39, 0.29) is 5.41 Å². The van der Waals surface area contributed by atoms with Gasteiger partial charge in [0.1, 0.15) is 7.05 Å². The lowest BCUT2D eigenvalue weighted by molar-refractivity contribution is -0.660. The maximum Gasteiger partial charge on any atom is 0.215 e. The summed E-state index contributed by atoms with van der Waals surface area (Å²) in [6.45, 7) is 3.41. The zero-order valence-electron chi connectivity index (χ0n) is 19.1. The van der Waals surface area contributed by atoms with Crippen molar-refractivity contribution in [2.24, 2.45) is 7.05 Å². The molecule has 0 saturated carbocycles. The Kier molecular flexibility index (Phi) is 3.48. The molecule has 1 aromatic heterocycles. The predicted octanol–water partition coefficient (Wildman–Crippen LogP) is 6.13. The minimum absolute atomic E-state index is 0.325. The molecule has 0 aliphatic heterocycles. The molecule has 0 N–H and O–H groups in total. The van der Waals surface area contributed by atoms with Crippen LogP contribution in [0.1, 0.15) is 37.5 Å². The van der Waals surface area contributed by atoms with Gasteiger partial charge in [-0.05, 0) is 60.2 Å². The van der Waals surface area contributed by atoms with Gasteiger partial charge >= 0.3 is 0 Å². The third-order valence-electron chi connectivity index (χ3n) is 6.47. The van der Waals surface area contributed by atoms with Crippen molar-refractivity contribution >= 4 is 0 Å². The molecule has 0 radical (unpaired) electrons. The second-order valence-electron chi connectivity index (χ2n) is 8.14. The summed E-state index contributed by atoms with van der Waals surface area (Å²) >= 11 is 0. The fourth-order valence-electron chi connectivity index (χ4n) is 5.07. The lowest BCUT2D eigenvalue weighted by Crippen LogP contribution is -2.33. The number of benzene rings is 3. The van der Waals surface area contributed by atoms with E-state index in [1.807, 2.05) is 25.4 Å². The molecule has 29 heavy (non-hydrogen) atoms. The Morgan fingerprint density at radius 2 is 1.55 bits per heavy atom. The highest BCUT2D eigenvalue weighted by Crippen LogP contribution is 2.55. The number of fused-ring (bicyclic) bond motifs is 3. The summed E-state index contributed by atoms with van der Waals surface area (Å²) in [4.78, 5) is 0. The molecule has 0 fully saturated rings. The van der Waals surface area contributed by atoms with Crippen LogP contribution in [-0.4, -0.2) is 0 Å². The van der Waals surface area contributed by atoms with Crippen LogP contribution in [0, 0.1) is 13.8 Å². The average molecular weight is 379 g/mol. The molecule has 142 valence electrons. The molecule has 1 aliphatic rings. The summed E-state index contributed by atoms with van der Waals surface area (Å²) in [7, 11) is 2.02. The van der Waals surface area contributed by atoms with Crippen molar-refractivity contribution in [3.05, 3.63) is 113 Å². The molecule has 1 heterocycles. The van der Waals surface area contributed by atoms with Crippen molar-refractivity contribution in [3.8, 4) is 22.4 Å². The highest BCUT2D eigenvalue weighted by molar-refractivity contribution is 5.90. The van der Waals surface area contributed by atoms with Gasteiger partial charge in [0, 0.05) is 19.8 Å². The monoisotopic (exact) mass is 378 g/mol. The minimum Gasteiger partial charge on any atom is -0.201 e. The van der Waals surface area contributed by atoms with Crippen LogP contribution in [0.4, 0.5) is 0 Å². The topological polar surface area (TPSA) is 3.88 Å². The summed E-state index contributed by atoms with van der Waals surface area (Å²) in [5.41, 5.74) is 9.99. The maximum absolute atomic E-state index is 8.22. The fraction of sp³-hybridized carbons (Fsp3) is 0.179. The van der Waals surface area contributed by atoms with E-state index in [9.17, 15) is 0 Å². The number of aryl methyl sites for hydroxylation is 3. The third-order valence-corrected chi connectivity index (χ3v) is 6.47.